The number of benzene rings is 3. The lowest BCUT2D eigenvalue weighted by molar-refractivity contribution is -0.117. The maximum atomic E-state index is 13.2. The third-order valence-corrected chi connectivity index (χ3v) is 6.81. The Morgan fingerprint density at radius 2 is 1.52 bits per heavy atom. The summed E-state index contributed by atoms with van der Waals surface area (Å²) >= 11 is 18.0. The first kappa shape index (κ1) is 23.5. The number of amides is 1. The van der Waals surface area contributed by atoms with Crippen molar-refractivity contribution in [3.05, 3.63) is 93.2 Å². The molecule has 3 rings (SSSR count). The Hall–Kier alpha value is -2.16. The van der Waals surface area contributed by atoms with Crippen molar-refractivity contribution in [3.8, 4) is 0 Å². The summed E-state index contributed by atoms with van der Waals surface area (Å²) in [6.07, 6.45) is 0.0615. The van der Waals surface area contributed by atoms with Gasteiger partial charge < -0.3 is 5.32 Å². The molecule has 0 spiro atoms. The van der Waals surface area contributed by atoms with E-state index in [-0.39, 0.29) is 32.1 Å². The Balaban J connectivity index is 1.89. The molecule has 0 radical (unpaired) electrons. The molecule has 0 heterocycles. The van der Waals surface area contributed by atoms with Crippen LogP contribution in [0.25, 0.3) is 0 Å². The molecule has 0 aromatic heterocycles. The summed E-state index contributed by atoms with van der Waals surface area (Å²) in [5.74, 6) is -1.23. The molecule has 2 N–H and O–H groups in total. The van der Waals surface area contributed by atoms with Gasteiger partial charge in [-0.1, -0.05) is 65.1 Å². The molecule has 0 fully saturated rings. The quantitative estimate of drug-likeness (QED) is 0.431. The highest BCUT2D eigenvalue weighted by Crippen LogP contribution is 2.32. The third kappa shape index (κ3) is 6.18. The van der Waals surface area contributed by atoms with Gasteiger partial charge in [0.1, 0.15) is 11.9 Å². The van der Waals surface area contributed by atoms with E-state index in [1.165, 1.54) is 12.1 Å². The molecule has 1 unspecified atom stereocenters. The standard InChI is InChI=1S/C21H16Cl3FN2O3S/c22-16-11-18(24)19(12-17(16)23)26-21(28)20(10-13-4-2-1-3-5-13)27-31(29,30)15-8-6-14(25)7-9-15/h1-9,11-12,20,27H,10H2,(H,26,28). The van der Waals surface area contributed by atoms with Gasteiger partial charge in [-0.25, -0.2) is 12.8 Å². The minimum Gasteiger partial charge on any atom is -0.323 e. The SMILES string of the molecule is O=C(Nc1cc(Cl)c(Cl)cc1Cl)C(Cc1ccccc1)NS(=O)(=O)c1ccc(F)cc1. The topological polar surface area (TPSA) is 75.3 Å². The van der Waals surface area contributed by atoms with Gasteiger partial charge in [0.25, 0.3) is 0 Å². The Morgan fingerprint density at radius 1 is 0.903 bits per heavy atom. The zero-order chi connectivity index (χ0) is 22.6. The number of anilines is 1. The maximum absolute atomic E-state index is 13.2. The van der Waals surface area contributed by atoms with Crippen molar-refractivity contribution in [2.75, 3.05) is 5.32 Å². The fraction of sp³-hybridized carbons (Fsp3) is 0.0952. The molecule has 5 nitrogen and oxygen atoms in total. The molecule has 1 amide bonds. The first-order chi connectivity index (χ1) is 14.7. The second-order valence-corrected chi connectivity index (χ2v) is 9.49. The van der Waals surface area contributed by atoms with Gasteiger partial charge in [-0.15, -0.1) is 0 Å². The average molecular weight is 502 g/mol. The minimum atomic E-state index is -4.12. The number of halogens is 4. The van der Waals surface area contributed by atoms with E-state index in [4.69, 9.17) is 34.8 Å². The van der Waals surface area contributed by atoms with Crippen LogP contribution >= 0.6 is 34.8 Å². The van der Waals surface area contributed by atoms with Crippen molar-refractivity contribution in [3.63, 3.8) is 0 Å². The molecule has 3 aromatic rings. The number of sulfonamides is 1. The Bertz CT molecular complexity index is 1190. The molecule has 3 aromatic carbocycles. The van der Waals surface area contributed by atoms with E-state index in [0.717, 1.165) is 29.8 Å². The second-order valence-electron chi connectivity index (χ2n) is 6.55. The fourth-order valence-corrected chi connectivity index (χ4v) is 4.53. The highest BCUT2D eigenvalue weighted by Gasteiger charge is 2.27. The molecular weight excluding hydrogens is 486 g/mol. The van der Waals surface area contributed by atoms with Gasteiger partial charge in [-0.05, 0) is 48.4 Å². The summed E-state index contributed by atoms with van der Waals surface area (Å²) < 4.78 is 41.1. The first-order valence-corrected chi connectivity index (χ1v) is 11.5. The molecule has 0 saturated carbocycles. The van der Waals surface area contributed by atoms with Gasteiger partial charge in [0.15, 0.2) is 0 Å². The molecule has 162 valence electrons. The molecule has 0 bridgehead atoms. The number of nitrogens with one attached hydrogen (secondary N) is 2. The fourth-order valence-electron chi connectivity index (χ4n) is 2.74. The number of hydrogen-bond donors (Lipinski definition) is 2. The van der Waals surface area contributed by atoms with Gasteiger partial charge in [-0.3, -0.25) is 4.79 Å². The summed E-state index contributed by atoms with van der Waals surface area (Å²) in [6.45, 7) is 0. The van der Waals surface area contributed by atoms with E-state index in [1.54, 1.807) is 30.3 Å². The largest absolute Gasteiger partial charge is 0.323 e. The predicted octanol–water partition coefficient (Wildman–Crippen LogP) is 5.31. The summed E-state index contributed by atoms with van der Waals surface area (Å²) in [5, 5.41) is 3.11. The Morgan fingerprint density at radius 3 is 2.16 bits per heavy atom. The summed E-state index contributed by atoms with van der Waals surface area (Å²) in [4.78, 5) is 12.8. The molecule has 0 aliphatic rings. The zero-order valence-corrected chi connectivity index (χ0v) is 18.9. The van der Waals surface area contributed by atoms with Crippen molar-refractivity contribution < 1.29 is 17.6 Å². The van der Waals surface area contributed by atoms with E-state index in [2.05, 4.69) is 10.0 Å². The second kappa shape index (κ2) is 9.97. The zero-order valence-electron chi connectivity index (χ0n) is 15.8. The highest BCUT2D eigenvalue weighted by molar-refractivity contribution is 7.89. The number of hydrogen-bond acceptors (Lipinski definition) is 3. The van der Waals surface area contributed by atoms with Crippen LogP contribution < -0.4 is 10.0 Å². The smallest absolute Gasteiger partial charge is 0.242 e. The van der Waals surface area contributed by atoms with Gasteiger partial charge in [0.05, 0.1) is 25.7 Å². The van der Waals surface area contributed by atoms with Crippen LogP contribution in [0.15, 0.2) is 71.6 Å². The van der Waals surface area contributed by atoms with Crippen LogP contribution in [0.4, 0.5) is 10.1 Å². The van der Waals surface area contributed by atoms with Crippen LogP contribution in [-0.2, 0) is 21.2 Å². The van der Waals surface area contributed by atoms with E-state index < -0.39 is 27.8 Å². The Labute approximate surface area is 194 Å². The van der Waals surface area contributed by atoms with E-state index in [0.29, 0.717) is 0 Å². The average Bonchev–Trinajstić information content (AvgIpc) is 2.72. The number of carbonyl (C=O) groups excluding carboxylic acids is 1. The van der Waals surface area contributed by atoms with Crippen molar-refractivity contribution >= 4 is 56.4 Å². The molecule has 0 aliphatic heterocycles. The molecule has 10 heteroatoms. The maximum Gasteiger partial charge on any atom is 0.242 e. The number of rotatable bonds is 7. The van der Waals surface area contributed by atoms with E-state index in [9.17, 15) is 17.6 Å². The van der Waals surface area contributed by atoms with Crippen molar-refractivity contribution in [2.45, 2.75) is 17.4 Å². The van der Waals surface area contributed by atoms with Crippen LogP contribution in [0.3, 0.4) is 0 Å². The summed E-state index contributed by atoms with van der Waals surface area (Å²) in [7, 11) is -4.12. The lowest BCUT2D eigenvalue weighted by Gasteiger charge is -2.19. The molecular formula is C21H16Cl3FN2O3S. The van der Waals surface area contributed by atoms with Crippen molar-refractivity contribution in [1.29, 1.82) is 0 Å². The minimum absolute atomic E-state index is 0.0615. The lowest BCUT2D eigenvalue weighted by Crippen LogP contribution is -2.45. The highest BCUT2D eigenvalue weighted by atomic mass is 35.5. The predicted molar refractivity (Wildman–Crippen MR) is 121 cm³/mol. The van der Waals surface area contributed by atoms with Gasteiger partial charge in [0, 0.05) is 0 Å². The van der Waals surface area contributed by atoms with Crippen LogP contribution in [0, 0.1) is 5.82 Å². The first-order valence-electron chi connectivity index (χ1n) is 8.93. The normalized spacial score (nSPS) is 12.4. The third-order valence-electron chi connectivity index (χ3n) is 4.29. The van der Waals surface area contributed by atoms with E-state index in [1.807, 2.05) is 0 Å². The lowest BCUT2D eigenvalue weighted by atomic mass is 10.1. The molecule has 1 atom stereocenters. The van der Waals surface area contributed by atoms with Crippen LogP contribution in [-0.4, -0.2) is 20.4 Å². The van der Waals surface area contributed by atoms with Crippen LogP contribution in [0.5, 0.6) is 0 Å². The summed E-state index contributed by atoms with van der Waals surface area (Å²) in [6, 6.07) is 14.7. The molecule has 31 heavy (non-hydrogen) atoms. The molecule has 0 aliphatic carbocycles. The van der Waals surface area contributed by atoms with Gasteiger partial charge in [-0.2, -0.15) is 4.72 Å². The van der Waals surface area contributed by atoms with Gasteiger partial charge >= 0.3 is 0 Å². The Kier molecular flexibility index (Phi) is 7.56. The summed E-state index contributed by atoms with van der Waals surface area (Å²) in [5.41, 5.74) is 0.907. The monoisotopic (exact) mass is 500 g/mol. The van der Waals surface area contributed by atoms with Crippen LogP contribution in [0.1, 0.15) is 5.56 Å². The van der Waals surface area contributed by atoms with Crippen molar-refractivity contribution in [1.82, 2.24) is 4.72 Å². The van der Waals surface area contributed by atoms with Crippen LogP contribution in [0.2, 0.25) is 15.1 Å². The number of carbonyl (C=O) groups is 1. The van der Waals surface area contributed by atoms with Crippen molar-refractivity contribution in [2.24, 2.45) is 0 Å². The molecule has 0 saturated heterocycles. The van der Waals surface area contributed by atoms with E-state index >= 15 is 0 Å². The van der Waals surface area contributed by atoms with Gasteiger partial charge in [0.2, 0.25) is 15.9 Å².